The van der Waals surface area contributed by atoms with Crippen molar-refractivity contribution < 1.29 is 9.59 Å². The second-order valence-corrected chi connectivity index (χ2v) is 8.25. The molecule has 1 unspecified atom stereocenters. The van der Waals surface area contributed by atoms with E-state index in [0.717, 1.165) is 13.0 Å². The highest BCUT2D eigenvalue weighted by molar-refractivity contribution is 5.90. The third-order valence-electron chi connectivity index (χ3n) is 5.64. The molecule has 1 heterocycles. The standard InChI is InChI=1S/C23H44N2O2/c1-2-3-4-5-6-7-8-9-10-11-12-13-14-15-16-17-20-24-23(27)21-18-19-22(26)25-21/h21H,2-20H2,1H3,(H,24,27)(H,25,26). The van der Waals surface area contributed by atoms with Crippen LogP contribution >= 0.6 is 0 Å². The maximum Gasteiger partial charge on any atom is 0.242 e. The molecule has 0 aromatic carbocycles. The van der Waals surface area contributed by atoms with E-state index >= 15 is 0 Å². The lowest BCUT2D eigenvalue weighted by Crippen LogP contribution is -2.41. The van der Waals surface area contributed by atoms with E-state index in [9.17, 15) is 9.59 Å². The molecule has 158 valence electrons. The highest BCUT2D eigenvalue weighted by Crippen LogP contribution is 2.13. The van der Waals surface area contributed by atoms with Crippen LogP contribution in [0.3, 0.4) is 0 Å². The molecular weight excluding hydrogens is 336 g/mol. The first kappa shape index (κ1) is 24.0. The van der Waals surface area contributed by atoms with Crippen LogP contribution < -0.4 is 10.6 Å². The Balaban J connectivity index is 1.72. The van der Waals surface area contributed by atoms with Gasteiger partial charge >= 0.3 is 0 Å². The summed E-state index contributed by atoms with van der Waals surface area (Å²) in [6.07, 6.45) is 22.9. The van der Waals surface area contributed by atoms with Gasteiger partial charge in [0.1, 0.15) is 6.04 Å². The van der Waals surface area contributed by atoms with Gasteiger partial charge in [0.2, 0.25) is 11.8 Å². The molecule has 1 fully saturated rings. The number of carbonyl (C=O) groups is 2. The van der Waals surface area contributed by atoms with E-state index < -0.39 is 0 Å². The van der Waals surface area contributed by atoms with Gasteiger partial charge in [0.05, 0.1) is 0 Å². The Hall–Kier alpha value is -1.06. The fourth-order valence-electron chi connectivity index (χ4n) is 3.82. The molecule has 0 saturated carbocycles. The van der Waals surface area contributed by atoms with Crippen LogP contribution in [0.4, 0.5) is 0 Å². The first-order chi connectivity index (χ1) is 13.2. The van der Waals surface area contributed by atoms with Gasteiger partial charge in [-0.25, -0.2) is 0 Å². The van der Waals surface area contributed by atoms with Crippen molar-refractivity contribution in [1.29, 1.82) is 0 Å². The van der Waals surface area contributed by atoms with Gasteiger partial charge in [-0.3, -0.25) is 9.59 Å². The molecule has 0 radical (unpaired) electrons. The van der Waals surface area contributed by atoms with Crippen LogP contribution in [-0.4, -0.2) is 24.4 Å². The van der Waals surface area contributed by atoms with E-state index in [4.69, 9.17) is 0 Å². The van der Waals surface area contributed by atoms with Crippen molar-refractivity contribution in [2.75, 3.05) is 6.54 Å². The number of rotatable bonds is 18. The molecule has 1 aliphatic rings. The molecule has 4 heteroatoms. The van der Waals surface area contributed by atoms with Crippen LogP contribution in [0.2, 0.25) is 0 Å². The number of nitrogens with one attached hydrogen (secondary N) is 2. The largest absolute Gasteiger partial charge is 0.354 e. The van der Waals surface area contributed by atoms with Crippen LogP contribution in [-0.2, 0) is 9.59 Å². The maximum absolute atomic E-state index is 11.8. The van der Waals surface area contributed by atoms with Gasteiger partial charge < -0.3 is 10.6 Å². The quantitative estimate of drug-likeness (QED) is 0.302. The van der Waals surface area contributed by atoms with E-state index in [0.29, 0.717) is 12.8 Å². The van der Waals surface area contributed by atoms with Crippen molar-refractivity contribution in [1.82, 2.24) is 10.6 Å². The van der Waals surface area contributed by atoms with Crippen LogP contribution in [0.15, 0.2) is 0 Å². The Morgan fingerprint density at radius 3 is 1.67 bits per heavy atom. The van der Waals surface area contributed by atoms with Crippen LogP contribution in [0.5, 0.6) is 0 Å². The number of carbonyl (C=O) groups excluding carboxylic acids is 2. The summed E-state index contributed by atoms with van der Waals surface area (Å²) in [4.78, 5) is 22.9. The summed E-state index contributed by atoms with van der Waals surface area (Å²) in [7, 11) is 0. The van der Waals surface area contributed by atoms with E-state index in [2.05, 4.69) is 17.6 Å². The number of hydrogen-bond acceptors (Lipinski definition) is 2. The molecule has 2 amide bonds. The van der Waals surface area contributed by atoms with E-state index in [1.807, 2.05) is 0 Å². The molecule has 0 bridgehead atoms. The molecule has 1 rings (SSSR count). The maximum atomic E-state index is 11.8. The molecule has 1 saturated heterocycles. The molecule has 0 spiro atoms. The van der Waals surface area contributed by atoms with Gasteiger partial charge in [0, 0.05) is 13.0 Å². The predicted octanol–water partition coefficient (Wildman–Crippen LogP) is 5.64. The Bertz CT molecular complexity index is 385. The second-order valence-electron chi connectivity index (χ2n) is 8.25. The Labute approximate surface area is 167 Å². The minimum Gasteiger partial charge on any atom is -0.354 e. The minimum absolute atomic E-state index is 0.00226. The SMILES string of the molecule is CCCCCCCCCCCCCCCCCCNC(=O)C1CCC(=O)N1. The summed E-state index contributed by atoms with van der Waals surface area (Å²) in [5, 5.41) is 5.65. The summed E-state index contributed by atoms with van der Waals surface area (Å²) < 4.78 is 0. The van der Waals surface area contributed by atoms with Crippen molar-refractivity contribution in [3.63, 3.8) is 0 Å². The normalized spacial score (nSPS) is 16.5. The molecule has 0 aromatic rings. The molecule has 27 heavy (non-hydrogen) atoms. The molecular formula is C23H44N2O2. The van der Waals surface area contributed by atoms with E-state index in [-0.39, 0.29) is 17.9 Å². The zero-order valence-corrected chi connectivity index (χ0v) is 17.8. The lowest BCUT2D eigenvalue weighted by Gasteiger charge is -2.10. The minimum atomic E-state index is -0.293. The Kier molecular flexibility index (Phi) is 15.2. The summed E-state index contributed by atoms with van der Waals surface area (Å²) in [6.45, 7) is 3.02. The van der Waals surface area contributed by atoms with Crippen molar-refractivity contribution in [3.8, 4) is 0 Å². The van der Waals surface area contributed by atoms with Crippen molar-refractivity contribution >= 4 is 11.8 Å². The van der Waals surface area contributed by atoms with Gasteiger partial charge in [0.25, 0.3) is 0 Å². The van der Waals surface area contributed by atoms with Crippen molar-refractivity contribution in [2.24, 2.45) is 0 Å². The lowest BCUT2D eigenvalue weighted by molar-refractivity contribution is -0.125. The zero-order valence-electron chi connectivity index (χ0n) is 17.8. The van der Waals surface area contributed by atoms with E-state index in [1.165, 1.54) is 96.3 Å². The average molecular weight is 381 g/mol. The van der Waals surface area contributed by atoms with Gasteiger partial charge in [0.15, 0.2) is 0 Å². The Morgan fingerprint density at radius 2 is 1.26 bits per heavy atom. The van der Waals surface area contributed by atoms with Gasteiger partial charge in [-0.15, -0.1) is 0 Å². The summed E-state index contributed by atoms with van der Waals surface area (Å²) in [5.41, 5.74) is 0. The van der Waals surface area contributed by atoms with Crippen molar-refractivity contribution in [3.05, 3.63) is 0 Å². The predicted molar refractivity (Wildman–Crippen MR) is 114 cm³/mol. The molecule has 1 aliphatic heterocycles. The summed E-state index contributed by atoms with van der Waals surface area (Å²) in [6, 6.07) is -0.293. The zero-order chi connectivity index (χ0) is 19.6. The number of hydrogen-bond donors (Lipinski definition) is 2. The first-order valence-electron chi connectivity index (χ1n) is 11.8. The number of unbranched alkanes of at least 4 members (excludes halogenated alkanes) is 15. The molecule has 1 atom stereocenters. The topological polar surface area (TPSA) is 58.2 Å². The highest BCUT2D eigenvalue weighted by atomic mass is 16.2. The molecule has 0 aliphatic carbocycles. The lowest BCUT2D eigenvalue weighted by atomic mass is 10.0. The van der Waals surface area contributed by atoms with Crippen LogP contribution in [0.1, 0.15) is 122 Å². The highest BCUT2D eigenvalue weighted by Gasteiger charge is 2.26. The van der Waals surface area contributed by atoms with Crippen LogP contribution in [0, 0.1) is 0 Å². The first-order valence-corrected chi connectivity index (χ1v) is 11.8. The Morgan fingerprint density at radius 1 is 0.815 bits per heavy atom. The third-order valence-corrected chi connectivity index (χ3v) is 5.64. The molecule has 0 aromatic heterocycles. The van der Waals surface area contributed by atoms with Crippen LogP contribution in [0.25, 0.3) is 0 Å². The fraction of sp³-hybridized carbons (Fsp3) is 0.913. The molecule has 4 nitrogen and oxygen atoms in total. The van der Waals surface area contributed by atoms with Gasteiger partial charge in [-0.1, -0.05) is 103 Å². The molecule has 2 N–H and O–H groups in total. The second kappa shape index (κ2) is 17.1. The van der Waals surface area contributed by atoms with Gasteiger partial charge in [-0.05, 0) is 12.8 Å². The summed E-state index contributed by atoms with van der Waals surface area (Å²) in [5.74, 6) is -0.0145. The van der Waals surface area contributed by atoms with E-state index in [1.54, 1.807) is 0 Å². The fourth-order valence-corrected chi connectivity index (χ4v) is 3.82. The number of amides is 2. The monoisotopic (exact) mass is 380 g/mol. The summed E-state index contributed by atoms with van der Waals surface area (Å²) >= 11 is 0. The van der Waals surface area contributed by atoms with Crippen molar-refractivity contribution in [2.45, 2.75) is 129 Å². The smallest absolute Gasteiger partial charge is 0.242 e. The average Bonchev–Trinajstić information content (AvgIpc) is 3.10. The third kappa shape index (κ3) is 13.7. The van der Waals surface area contributed by atoms with Gasteiger partial charge in [-0.2, -0.15) is 0 Å².